The first-order chi connectivity index (χ1) is 12.5. The number of rotatable bonds is 7. The number of benzene rings is 1. The van der Waals surface area contributed by atoms with E-state index in [9.17, 15) is 9.59 Å². The van der Waals surface area contributed by atoms with E-state index in [1.165, 1.54) is 0 Å². The van der Waals surface area contributed by atoms with E-state index in [0.717, 1.165) is 43.6 Å². The molecule has 3 rings (SSSR count). The van der Waals surface area contributed by atoms with Gasteiger partial charge in [0.05, 0.1) is 6.54 Å². The quantitative estimate of drug-likeness (QED) is 0.765. The van der Waals surface area contributed by atoms with Crippen molar-refractivity contribution in [2.24, 2.45) is 11.1 Å². The summed E-state index contributed by atoms with van der Waals surface area (Å²) in [6, 6.07) is 8.03. The first-order valence-corrected chi connectivity index (χ1v) is 9.53. The Balaban J connectivity index is 1.51. The van der Waals surface area contributed by atoms with Crippen LogP contribution in [0.3, 0.4) is 0 Å². The fraction of sp³-hybridized carbons (Fsp3) is 0.600. The Bertz CT molecular complexity index is 663. The van der Waals surface area contributed by atoms with Crippen LogP contribution in [-0.2, 0) is 22.7 Å². The number of hydrogen-bond donors (Lipinski definition) is 2. The largest absolute Gasteiger partial charge is 0.351 e. The van der Waals surface area contributed by atoms with E-state index < -0.39 is 0 Å². The lowest BCUT2D eigenvalue weighted by Gasteiger charge is -2.22. The second kappa shape index (κ2) is 8.18. The van der Waals surface area contributed by atoms with Crippen molar-refractivity contribution < 1.29 is 9.59 Å². The smallest absolute Gasteiger partial charge is 0.234 e. The molecule has 0 aromatic heterocycles. The van der Waals surface area contributed by atoms with Gasteiger partial charge in [0.2, 0.25) is 11.8 Å². The van der Waals surface area contributed by atoms with E-state index in [0.29, 0.717) is 32.6 Å². The molecule has 3 N–H and O–H groups in total. The van der Waals surface area contributed by atoms with Crippen molar-refractivity contribution in [2.45, 2.75) is 39.3 Å². The molecule has 0 spiro atoms. The SMILES string of the molecule is CC1(CN)CCN(CC(=O)NCc2ccccc2CN2CCCC2=O)C1. The minimum atomic E-state index is 0.0401. The molecule has 2 aliphatic heterocycles. The van der Waals surface area contributed by atoms with E-state index in [4.69, 9.17) is 5.73 Å². The lowest BCUT2D eigenvalue weighted by Crippen LogP contribution is -2.38. The van der Waals surface area contributed by atoms with Crippen LogP contribution in [0, 0.1) is 5.41 Å². The molecule has 0 radical (unpaired) electrons. The lowest BCUT2D eigenvalue weighted by atomic mass is 9.90. The highest BCUT2D eigenvalue weighted by atomic mass is 16.2. The van der Waals surface area contributed by atoms with Gasteiger partial charge in [-0.1, -0.05) is 31.2 Å². The third kappa shape index (κ3) is 4.62. The number of carbonyl (C=O) groups excluding carboxylic acids is 2. The zero-order valence-electron chi connectivity index (χ0n) is 15.7. The van der Waals surface area contributed by atoms with Gasteiger partial charge in [-0.15, -0.1) is 0 Å². The highest BCUT2D eigenvalue weighted by Crippen LogP contribution is 2.28. The van der Waals surface area contributed by atoms with Crippen molar-refractivity contribution in [3.05, 3.63) is 35.4 Å². The number of nitrogens with two attached hydrogens (primary N) is 1. The minimum Gasteiger partial charge on any atom is -0.351 e. The first kappa shape index (κ1) is 18.9. The summed E-state index contributed by atoms with van der Waals surface area (Å²) in [5.41, 5.74) is 8.16. The maximum absolute atomic E-state index is 12.3. The van der Waals surface area contributed by atoms with Gasteiger partial charge in [0.15, 0.2) is 0 Å². The van der Waals surface area contributed by atoms with Gasteiger partial charge >= 0.3 is 0 Å². The fourth-order valence-corrected chi connectivity index (χ4v) is 3.84. The van der Waals surface area contributed by atoms with Crippen LogP contribution < -0.4 is 11.1 Å². The predicted octanol–water partition coefficient (Wildman–Crippen LogP) is 1.10. The fourth-order valence-electron chi connectivity index (χ4n) is 3.84. The van der Waals surface area contributed by atoms with E-state index in [1.54, 1.807) is 0 Å². The van der Waals surface area contributed by atoms with Gasteiger partial charge in [0.25, 0.3) is 0 Å². The maximum atomic E-state index is 12.3. The molecule has 1 unspecified atom stereocenters. The van der Waals surface area contributed by atoms with E-state index in [1.807, 2.05) is 29.2 Å². The van der Waals surface area contributed by atoms with Crippen LogP contribution in [0.5, 0.6) is 0 Å². The minimum absolute atomic E-state index is 0.0401. The van der Waals surface area contributed by atoms with Gasteiger partial charge in [0, 0.05) is 32.6 Å². The molecule has 142 valence electrons. The molecule has 26 heavy (non-hydrogen) atoms. The molecular weight excluding hydrogens is 328 g/mol. The van der Waals surface area contributed by atoms with E-state index in [-0.39, 0.29) is 17.2 Å². The summed E-state index contributed by atoms with van der Waals surface area (Å²) in [7, 11) is 0. The molecule has 2 aliphatic rings. The number of amides is 2. The molecule has 2 saturated heterocycles. The van der Waals surface area contributed by atoms with Crippen LogP contribution in [0.1, 0.15) is 37.3 Å². The first-order valence-electron chi connectivity index (χ1n) is 9.53. The highest BCUT2D eigenvalue weighted by molar-refractivity contribution is 5.78. The van der Waals surface area contributed by atoms with Crippen molar-refractivity contribution >= 4 is 11.8 Å². The number of hydrogen-bond acceptors (Lipinski definition) is 4. The topological polar surface area (TPSA) is 78.7 Å². The Labute approximate surface area is 155 Å². The Morgan fingerprint density at radius 2 is 2.04 bits per heavy atom. The highest BCUT2D eigenvalue weighted by Gasteiger charge is 2.33. The molecule has 6 heteroatoms. The molecule has 1 aromatic carbocycles. The summed E-state index contributed by atoms with van der Waals surface area (Å²) in [6.07, 6.45) is 2.63. The molecule has 0 bridgehead atoms. The van der Waals surface area contributed by atoms with Gasteiger partial charge in [0.1, 0.15) is 0 Å². The van der Waals surface area contributed by atoms with Gasteiger partial charge in [-0.3, -0.25) is 14.5 Å². The van der Waals surface area contributed by atoms with Crippen molar-refractivity contribution in [3.8, 4) is 0 Å². The summed E-state index contributed by atoms with van der Waals surface area (Å²) in [4.78, 5) is 28.3. The monoisotopic (exact) mass is 358 g/mol. The Morgan fingerprint density at radius 1 is 1.27 bits per heavy atom. The molecule has 1 atom stereocenters. The van der Waals surface area contributed by atoms with Crippen molar-refractivity contribution in [3.63, 3.8) is 0 Å². The number of likely N-dealkylation sites (tertiary alicyclic amines) is 2. The zero-order valence-corrected chi connectivity index (χ0v) is 15.7. The predicted molar refractivity (Wildman–Crippen MR) is 101 cm³/mol. The van der Waals surface area contributed by atoms with Gasteiger partial charge < -0.3 is 16.0 Å². The van der Waals surface area contributed by atoms with E-state index in [2.05, 4.69) is 17.1 Å². The maximum Gasteiger partial charge on any atom is 0.234 e. The van der Waals surface area contributed by atoms with Gasteiger partial charge in [-0.2, -0.15) is 0 Å². The van der Waals surface area contributed by atoms with Crippen molar-refractivity contribution in [1.82, 2.24) is 15.1 Å². The number of nitrogens with zero attached hydrogens (tertiary/aromatic N) is 2. The molecule has 2 heterocycles. The molecule has 0 aliphatic carbocycles. The van der Waals surface area contributed by atoms with E-state index >= 15 is 0 Å². The summed E-state index contributed by atoms with van der Waals surface area (Å²) >= 11 is 0. The number of carbonyl (C=O) groups is 2. The third-order valence-corrected chi connectivity index (χ3v) is 5.62. The standard InChI is InChI=1S/C20H30N4O2/c1-20(14-21)8-10-23(15-20)13-18(25)22-11-16-5-2-3-6-17(16)12-24-9-4-7-19(24)26/h2-3,5-6H,4,7-15,21H2,1H3,(H,22,25). The lowest BCUT2D eigenvalue weighted by molar-refractivity contribution is -0.128. The summed E-state index contributed by atoms with van der Waals surface area (Å²) in [5, 5.41) is 3.03. The summed E-state index contributed by atoms with van der Waals surface area (Å²) in [5.74, 6) is 0.263. The van der Waals surface area contributed by atoms with Crippen LogP contribution in [0.4, 0.5) is 0 Å². The van der Waals surface area contributed by atoms with Crippen LogP contribution in [0.2, 0.25) is 0 Å². The van der Waals surface area contributed by atoms with Crippen LogP contribution in [0.15, 0.2) is 24.3 Å². The Hall–Kier alpha value is -1.92. The molecular formula is C20H30N4O2. The molecule has 6 nitrogen and oxygen atoms in total. The molecule has 2 fully saturated rings. The Kier molecular flexibility index (Phi) is 5.94. The summed E-state index contributed by atoms with van der Waals surface area (Å²) in [6.45, 7) is 7.02. The second-order valence-corrected chi connectivity index (χ2v) is 7.94. The summed E-state index contributed by atoms with van der Waals surface area (Å²) < 4.78 is 0. The van der Waals surface area contributed by atoms with Crippen molar-refractivity contribution in [1.29, 1.82) is 0 Å². The molecule has 1 aromatic rings. The zero-order chi connectivity index (χ0) is 18.6. The third-order valence-electron chi connectivity index (χ3n) is 5.62. The normalized spacial score (nSPS) is 23.6. The molecule has 2 amide bonds. The van der Waals surface area contributed by atoms with Gasteiger partial charge in [-0.05, 0) is 42.5 Å². The molecule has 0 saturated carbocycles. The van der Waals surface area contributed by atoms with Crippen LogP contribution >= 0.6 is 0 Å². The Morgan fingerprint density at radius 3 is 2.69 bits per heavy atom. The average molecular weight is 358 g/mol. The van der Waals surface area contributed by atoms with Gasteiger partial charge in [-0.25, -0.2) is 0 Å². The van der Waals surface area contributed by atoms with Crippen LogP contribution in [0.25, 0.3) is 0 Å². The van der Waals surface area contributed by atoms with Crippen LogP contribution in [-0.4, -0.2) is 54.3 Å². The van der Waals surface area contributed by atoms with Crippen molar-refractivity contribution in [2.75, 3.05) is 32.7 Å². The number of nitrogens with one attached hydrogen (secondary N) is 1. The average Bonchev–Trinajstić information content (AvgIpc) is 3.21. The second-order valence-electron chi connectivity index (χ2n) is 7.94.